The first kappa shape index (κ1) is 59.3. The van der Waals surface area contributed by atoms with Crippen LogP contribution in [-0.2, 0) is 14.4 Å². The van der Waals surface area contributed by atoms with Gasteiger partial charge in [-0.1, -0.05) is 95.5 Å². The number of β-amino-alcohol motifs (C(OH)–C–C–N with tert-alkyl or cyclic N) is 1. The highest BCUT2D eigenvalue weighted by molar-refractivity contribution is 7.13. The number of aromatic hydroxyl groups is 1. The van der Waals surface area contributed by atoms with Gasteiger partial charge >= 0.3 is 6.01 Å². The maximum atomic E-state index is 17.1. The number of fused-ring (bicyclic) bond motifs is 4. The standard InChI is InChI=1S/C64H78F2N10O6S/c1-7-48-51(65)24-21-42-30-45(77)31-49(54(42)48)56-55(66)57-50(33-67-56)60(75-34-43-22-23-44(35-75)70-43)73-63(72-57)82-47-25-28-74(29-26-47)27-15-13-11-9-8-10-12-14-16-53(79)71-59(64(4,5)6)62(81)76-36-46(78)32-52(76)61(80)69-38(2)40-17-19-41(20-18-40)58-39(3)68-37-83-58/h1,17-21,24,30-31,33,37-38,43-44,46-47,52,59,70,77-78H,8-16,22-23,25-29,32,34-36H2,2-6H3,(H,69,80)(H,71,79)/t38-,43?,44?,46+,52-,59+/m0/s1. The zero-order valence-corrected chi connectivity index (χ0v) is 49.2. The Morgan fingerprint density at radius 3 is 2.28 bits per heavy atom. The number of aromatic nitrogens is 4. The van der Waals surface area contributed by atoms with E-state index in [-0.39, 0.29) is 94.4 Å². The number of anilines is 1. The number of carbonyl (C=O) groups excluding carboxylic acids is 3. The van der Waals surface area contributed by atoms with Crippen LogP contribution in [0.25, 0.3) is 43.4 Å². The van der Waals surface area contributed by atoms with E-state index < -0.39 is 35.2 Å². The van der Waals surface area contributed by atoms with Crippen molar-refractivity contribution in [3.05, 3.63) is 88.7 Å². The fourth-order valence-electron chi connectivity index (χ4n) is 12.6. The van der Waals surface area contributed by atoms with E-state index in [1.54, 1.807) is 17.5 Å². The Morgan fingerprint density at radius 1 is 0.904 bits per heavy atom. The number of rotatable bonds is 21. The van der Waals surface area contributed by atoms with Crippen LogP contribution in [0.3, 0.4) is 0 Å². The second-order valence-corrected chi connectivity index (χ2v) is 25.2. The van der Waals surface area contributed by atoms with E-state index in [0.29, 0.717) is 42.5 Å². The van der Waals surface area contributed by atoms with Crippen molar-refractivity contribution in [1.82, 2.24) is 45.7 Å². The largest absolute Gasteiger partial charge is 0.508 e. The SMILES string of the molecule is C#Cc1c(F)ccc2cc(O)cc(-c3ncc4c(N5CC6CCC(C5)N6)nc(OC5CCN(CCCCCCCCCCC(=O)N[C@H](C(=O)N6C[C@H](O)C[C@H]6C(=O)N[C@@H](C)c6ccc(-c7scnc7C)cc6)C(C)(C)C)CC5)nc4c3F)c12. The van der Waals surface area contributed by atoms with Crippen LogP contribution in [0.4, 0.5) is 14.6 Å². The average Bonchev–Trinajstić information content (AvgIpc) is 4.24. The molecule has 6 atom stereocenters. The van der Waals surface area contributed by atoms with E-state index >= 15 is 8.78 Å². The Morgan fingerprint density at radius 2 is 1.60 bits per heavy atom. The number of unbranched alkanes of at least 4 members (excludes halogenated alkanes) is 7. The van der Waals surface area contributed by atoms with Gasteiger partial charge in [0.15, 0.2) is 5.82 Å². The summed E-state index contributed by atoms with van der Waals surface area (Å²) in [6.07, 6.45) is 18.6. The number of amides is 3. The molecule has 4 aliphatic heterocycles. The molecule has 4 aliphatic rings. The lowest BCUT2D eigenvalue weighted by atomic mass is 9.85. The Balaban J connectivity index is 0.650. The van der Waals surface area contributed by atoms with Crippen LogP contribution >= 0.6 is 11.3 Å². The number of hydrogen-bond acceptors (Lipinski definition) is 14. The molecule has 3 aromatic carbocycles. The van der Waals surface area contributed by atoms with E-state index in [4.69, 9.17) is 16.1 Å². The van der Waals surface area contributed by atoms with Gasteiger partial charge in [0.05, 0.1) is 39.2 Å². The molecular formula is C64H78F2N10O6S. The molecule has 3 amide bonds. The minimum atomic E-state index is -0.867. The minimum absolute atomic E-state index is 0.0199. The van der Waals surface area contributed by atoms with Gasteiger partial charge in [0.1, 0.15) is 46.8 Å². The number of hydrogen-bond donors (Lipinski definition) is 5. The molecule has 440 valence electrons. The van der Waals surface area contributed by atoms with Crippen molar-refractivity contribution in [1.29, 1.82) is 0 Å². The number of aliphatic hydroxyl groups is 1. The molecule has 5 N–H and O–H groups in total. The summed E-state index contributed by atoms with van der Waals surface area (Å²) >= 11 is 1.58. The van der Waals surface area contributed by atoms with E-state index in [9.17, 15) is 24.6 Å². The third-order valence-electron chi connectivity index (χ3n) is 17.1. The number of halogens is 2. The number of benzene rings is 3. The van der Waals surface area contributed by atoms with Gasteiger partial charge in [0, 0.05) is 74.8 Å². The highest BCUT2D eigenvalue weighted by atomic mass is 32.1. The Bertz CT molecular complexity index is 3350. The number of pyridine rings is 1. The van der Waals surface area contributed by atoms with Gasteiger partial charge in [0.2, 0.25) is 17.7 Å². The van der Waals surface area contributed by atoms with Gasteiger partial charge in [-0.05, 0) is 99.0 Å². The number of nitrogens with one attached hydrogen (secondary N) is 3. The molecule has 19 heteroatoms. The van der Waals surface area contributed by atoms with Crippen molar-refractivity contribution in [2.75, 3.05) is 44.2 Å². The van der Waals surface area contributed by atoms with Crippen molar-refractivity contribution in [3.8, 4) is 45.8 Å². The summed E-state index contributed by atoms with van der Waals surface area (Å²) in [4.78, 5) is 67.0. The monoisotopic (exact) mass is 1150 g/mol. The van der Waals surface area contributed by atoms with E-state index in [2.05, 4.69) is 46.6 Å². The Hall–Kier alpha value is -6.85. The topological polar surface area (TPSA) is 198 Å². The maximum Gasteiger partial charge on any atom is 0.319 e. The number of nitrogens with zero attached hydrogens (tertiary/aromatic N) is 7. The second kappa shape index (κ2) is 26.0. The van der Waals surface area contributed by atoms with Crippen LogP contribution in [0.5, 0.6) is 11.8 Å². The number of thiazole rings is 1. The van der Waals surface area contributed by atoms with E-state index in [1.807, 2.05) is 64.4 Å². The number of likely N-dealkylation sites (tertiary alicyclic amines) is 2. The number of piperazine rings is 1. The van der Waals surface area contributed by atoms with Gasteiger partial charge in [-0.2, -0.15) is 9.97 Å². The van der Waals surface area contributed by atoms with E-state index in [0.717, 1.165) is 112 Å². The quantitative estimate of drug-likeness (QED) is 0.0338. The Labute approximate surface area is 489 Å². The van der Waals surface area contributed by atoms with Crippen LogP contribution in [0, 0.1) is 36.3 Å². The molecule has 0 spiro atoms. The minimum Gasteiger partial charge on any atom is -0.508 e. The second-order valence-electron chi connectivity index (χ2n) is 24.3. The number of ether oxygens (including phenoxy) is 1. The summed E-state index contributed by atoms with van der Waals surface area (Å²) < 4.78 is 38.6. The first-order chi connectivity index (χ1) is 39.9. The zero-order chi connectivity index (χ0) is 58.5. The third-order valence-corrected chi connectivity index (χ3v) is 18.1. The molecule has 4 fully saturated rings. The third kappa shape index (κ3) is 13.7. The number of piperidine rings is 1. The molecule has 3 aromatic heterocycles. The number of carbonyl (C=O) groups is 3. The molecular weight excluding hydrogens is 1070 g/mol. The molecule has 6 aromatic rings. The molecule has 0 aliphatic carbocycles. The van der Waals surface area contributed by atoms with Crippen molar-refractivity contribution in [2.24, 2.45) is 5.41 Å². The molecule has 7 heterocycles. The first-order valence-electron chi connectivity index (χ1n) is 29.7. The van der Waals surface area contributed by atoms with Crippen LogP contribution in [0.2, 0.25) is 0 Å². The smallest absolute Gasteiger partial charge is 0.319 e. The molecule has 2 bridgehead atoms. The van der Waals surface area contributed by atoms with Crippen molar-refractivity contribution in [3.63, 3.8) is 0 Å². The molecule has 4 saturated heterocycles. The van der Waals surface area contributed by atoms with Gasteiger partial charge in [-0.15, -0.1) is 17.8 Å². The normalized spacial score (nSPS) is 20.2. The molecule has 10 rings (SSSR count). The van der Waals surface area contributed by atoms with Crippen LogP contribution in [0.15, 0.2) is 60.2 Å². The summed E-state index contributed by atoms with van der Waals surface area (Å²) in [6, 6.07) is 12.1. The molecule has 83 heavy (non-hydrogen) atoms. The van der Waals surface area contributed by atoms with Gasteiger partial charge in [0.25, 0.3) is 0 Å². The highest BCUT2D eigenvalue weighted by Gasteiger charge is 2.45. The lowest BCUT2D eigenvalue weighted by molar-refractivity contribution is -0.144. The predicted molar refractivity (Wildman–Crippen MR) is 320 cm³/mol. The lowest BCUT2D eigenvalue weighted by Crippen LogP contribution is -2.57. The summed E-state index contributed by atoms with van der Waals surface area (Å²) in [6.45, 7) is 13.7. The van der Waals surface area contributed by atoms with E-state index in [1.165, 1.54) is 29.2 Å². The van der Waals surface area contributed by atoms with Crippen LogP contribution < -0.4 is 25.6 Å². The molecule has 0 saturated carbocycles. The molecule has 0 radical (unpaired) electrons. The fraction of sp³-hybridized carbons (Fsp3) is 0.516. The summed E-state index contributed by atoms with van der Waals surface area (Å²) in [5.41, 5.74) is 4.16. The molecule has 2 unspecified atom stereocenters. The number of aryl methyl sites for hydroxylation is 1. The van der Waals surface area contributed by atoms with Crippen LogP contribution in [0.1, 0.15) is 140 Å². The maximum absolute atomic E-state index is 17.1. The number of phenols is 1. The summed E-state index contributed by atoms with van der Waals surface area (Å²) in [5, 5.41) is 32.3. The zero-order valence-electron chi connectivity index (χ0n) is 48.4. The van der Waals surface area contributed by atoms with Gasteiger partial charge in [-0.3, -0.25) is 19.4 Å². The number of phenolic OH excluding ortho intramolecular Hbond substituents is 1. The average molecular weight is 1150 g/mol. The Kier molecular flexibility index (Phi) is 18.6. The first-order valence-corrected chi connectivity index (χ1v) is 30.6. The highest BCUT2D eigenvalue weighted by Crippen LogP contribution is 2.40. The van der Waals surface area contributed by atoms with Gasteiger partial charge < -0.3 is 45.6 Å². The van der Waals surface area contributed by atoms with Crippen molar-refractivity contribution < 1.29 is 38.1 Å². The number of aliphatic hydroxyl groups excluding tert-OH is 1. The molecule has 16 nitrogen and oxygen atoms in total. The summed E-state index contributed by atoms with van der Waals surface area (Å²) in [5.74, 6) is 0.552. The number of terminal acetylenes is 1. The summed E-state index contributed by atoms with van der Waals surface area (Å²) in [7, 11) is 0. The van der Waals surface area contributed by atoms with Crippen molar-refractivity contribution >= 4 is 56.6 Å². The lowest BCUT2D eigenvalue weighted by Gasteiger charge is -2.35. The predicted octanol–water partition coefficient (Wildman–Crippen LogP) is 9.91. The fourth-order valence-corrected chi connectivity index (χ4v) is 13.4. The van der Waals surface area contributed by atoms with Gasteiger partial charge in [-0.25, -0.2) is 13.8 Å². The van der Waals surface area contributed by atoms with Crippen molar-refractivity contribution in [2.45, 2.75) is 167 Å². The van der Waals surface area contributed by atoms with Crippen LogP contribution in [-0.4, -0.2) is 133 Å².